The number of aryl methyl sites for hydroxylation is 3. The second kappa shape index (κ2) is 7.23. The number of fused-ring (bicyclic) bond motifs is 2. The summed E-state index contributed by atoms with van der Waals surface area (Å²) in [5.74, 6) is 0.883. The van der Waals surface area contributed by atoms with Gasteiger partial charge in [0, 0.05) is 18.4 Å². The average Bonchev–Trinajstić information content (AvgIpc) is 3.24. The van der Waals surface area contributed by atoms with E-state index in [4.69, 9.17) is 0 Å². The van der Waals surface area contributed by atoms with Gasteiger partial charge in [0.1, 0.15) is 5.82 Å². The van der Waals surface area contributed by atoms with Gasteiger partial charge in [0.25, 0.3) is 0 Å². The van der Waals surface area contributed by atoms with E-state index in [9.17, 15) is 4.79 Å². The molecule has 6 heteroatoms. The summed E-state index contributed by atoms with van der Waals surface area (Å²) in [6.45, 7) is 5.96. The van der Waals surface area contributed by atoms with Crippen LogP contribution in [0.2, 0.25) is 0 Å². The largest absolute Gasteiger partial charge is 0.349 e. The standard InChI is InChI=1S/C21H23N5O/c1-3-25-18-7-5-4-6-17(18)24-20(25)14-22-21(27)10-11-26-19-12-15(2)8-9-16(19)13-23-26/h4-9,12-13H,3,10-11,14H2,1-2H3,(H,22,27). The molecular weight excluding hydrogens is 338 g/mol. The Bertz CT molecular complexity index is 1110. The molecule has 0 fully saturated rings. The fourth-order valence-electron chi connectivity index (χ4n) is 3.45. The van der Waals surface area contributed by atoms with Gasteiger partial charge in [0.2, 0.25) is 5.91 Å². The van der Waals surface area contributed by atoms with E-state index in [1.54, 1.807) is 0 Å². The zero-order valence-electron chi connectivity index (χ0n) is 15.6. The zero-order valence-corrected chi connectivity index (χ0v) is 15.6. The van der Waals surface area contributed by atoms with Crippen molar-refractivity contribution in [3.8, 4) is 0 Å². The quantitative estimate of drug-likeness (QED) is 0.572. The molecule has 1 N–H and O–H groups in total. The lowest BCUT2D eigenvalue weighted by Crippen LogP contribution is -2.25. The Labute approximate surface area is 157 Å². The van der Waals surface area contributed by atoms with Crippen LogP contribution in [0.25, 0.3) is 21.9 Å². The summed E-state index contributed by atoms with van der Waals surface area (Å²) in [4.78, 5) is 17.0. The maximum absolute atomic E-state index is 12.3. The zero-order chi connectivity index (χ0) is 18.8. The molecule has 0 saturated heterocycles. The van der Waals surface area contributed by atoms with Crippen molar-refractivity contribution in [3.05, 3.63) is 60.0 Å². The summed E-state index contributed by atoms with van der Waals surface area (Å²) in [6.07, 6.45) is 2.23. The molecule has 2 heterocycles. The van der Waals surface area contributed by atoms with Crippen LogP contribution in [-0.2, 0) is 24.4 Å². The van der Waals surface area contributed by atoms with Gasteiger partial charge < -0.3 is 9.88 Å². The highest BCUT2D eigenvalue weighted by Crippen LogP contribution is 2.17. The van der Waals surface area contributed by atoms with Crippen molar-refractivity contribution in [1.82, 2.24) is 24.6 Å². The van der Waals surface area contributed by atoms with Gasteiger partial charge >= 0.3 is 0 Å². The lowest BCUT2D eigenvalue weighted by Gasteiger charge is -2.08. The maximum atomic E-state index is 12.3. The van der Waals surface area contributed by atoms with Gasteiger partial charge in [-0.1, -0.05) is 24.3 Å². The summed E-state index contributed by atoms with van der Waals surface area (Å²) in [5, 5.41) is 8.49. The van der Waals surface area contributed by atoms with E-state index in [1.165, 1.54) is 5.56 Å². The smallest absolute Gasteiger partial charge is 0.222 e. The Balaban J connectivity index is 1.40. The first-order valence-corrected chi connectivity index (χ1v) is 9.28. The van der Waals surface area contributed by atoms with E-state index in [-0.39, 0.29) is 5.91 Å². The van der Waals surface area contributed by atoms with Crippen LogP contribution in [-0.4, -0.2) is 25.2 Å². The van der Waals surface area contributed by atoms with Gasteiger partial charge in [-0.05, 0) is 37.6 Å². The molecule has 0 spiro atoms. The number of rotatable bonds is 6. The van der Waals surface area contributed by atoms with E-state index in [1.807, 2.05) is 29.1 Å². The Morgan fingerprint density at radius 2 is 2.00 bits per heavy atom. The number of carbonyl (C=O) groups excluding carboxylic acids is 1. The third-order valence-electron chi connectivity index (χ3n) is 4.84. The number of hydrogen-bond donors (Lipinski definition) is 1. The van der Waals surface area contributed by atoms with Crippen LogP contribution in [0.3, 0.4) is 0 Å². The molecule has 0 aliphatic heterocycles. The van der Waals surface area contributed by atoms with Crippen molar-refractivity contribution in [2.24, 2.45) is 0 Å². The minimum absolute atomic E-state index is 0.000937. The molecule has 0 bridgehead atoms. The van der Waals surface area contributed by atoms with Crippen molar-refractivity contribution < 1.29 is 4.79 Å². The lowest BCUT2D eigenvalue weighted by molar-refractivity contribution is -0.121. The van der Waals surface area contributed by atoms with Gasteiger partial charge in [-0.3, -0.25) is 9.48 Å². The lowest BCUT2D eigenvalue weighted by atomic mass is 10.2. The number of nitrogens with one attached hydrogen (secondary N) is 1. The van der Waals surface area contributed by atoms with E-state index in [0.29, 0.717) is 19.5 Å². The molecule has 0 radical (unpaired) electrons. The molecule has 0 atom stereocenters. The predicted molar refractivity (Wildman–Crippen MR) is 106 cm³/mol. The first-order valence-electron chi connectivity index (χ1n) is 9.28. The molecule has 4 aromatic rings. The van der Waals surface area contributed by atoms with E-state index >= 15 is 0 Å². The summed E-state index contributed by atoms with van der Waals surface area (Å²) in [7, 11) is 0. The second-order valence-corrected chi connectivity index (χ2v) is 6.72. The van der Waals surface area contributed by atoms with Crippen LogP contribution in [0.4, 0.5) is 0 Å². The molecule has 6 nitrogen and oxygen atoms in total. The molecule has 1 amide bonds. The minimum Gasteiger partial charge on any atom is -0.349 e. The highest BCUT2D eigenvalue weighted by Gasteiger charge is 2.11. The van der Waals surface area contributed by atoms with Crippen LogP contribution in [0.1, 0.15) is 24.7 Å². The molecule has 2 aromatic carbocycles. The van der Waals surface area contributed by atoms with Crippen molar-refractivity contribution >= 4 is 27.8 Å². The summed E-state index contributed by atoms with van der Waals surface area (Å²) >= 11 is 0. The van der Waals surface area contributed by atoms with E-state index in [0.717, 1.165) is 34.3 Å². The van der Waals surface area contributed by atoms with Gasteiger partial charge in [-0.25, -0.2) is 4.98 Å². The van der Waals surface area contributed by atoms with Crippen LogP contribution in [0.5, 0.6) is 0 Å². The summed E-state index contributed by atoms with van der Waals surface area (Å²) < 4.78 is 4.03. The molecule has 0 aliphatic rings. The number of benzene rings is 2. The fraction of sp³-hybridized carbons (Fsp3) is 0.286. The first-order chi connectivity index (χ1) is 13.2. The van der Waals surface area contributed by atoms with Gasteiger partial charge in [-0.15, -0.1) is 0 Å². The average molecular weight is 361 g/mol. The SMILES string of the molecule is CCn1c(CNC(=O)CCn2ncc3ccc(C)cc32)nc2ccccc21. The van der Waals surface area contributed by atoms with Crippen molar-refractivity contribution in [2.75, 3.05) is 0 Å². The summed E-state index contributed by atoms with van der Waals surface area (Å²) in [6, 6.07) is 14.3. The van der Waals surface area contributed by atoms with E-state index < -0.39 is 0 Å². The molecule has 27 heavy (non-hydrogen) atoms. The van der Waals surface area contributed by atoms with E-state index in [2.05, 4.69) is 58.1 Å². The van der Waals surface area contributed by atoms with Crippen LogP contribution >= 0.6 is 0 Å². The first kappa shape index (κ1) is 17.3. The fourth-order valence-corrected chi connectivity index (χ4v) is 3.45. The van der Waals surface area contributed by atoms with Crippen molar-refractivity contribution in [3.63, 3.8) is 0 Å². The van der Waals surface area contributed by atoms with Gasteiger partial charge in [0.15, 0.2) is 0 Å². The molecule has 138 valence electrons. The molecule has 0 unspecified atom stereocenters. The number of carbonyl (C=O) groups is 1. The van der Waals surface area contributed by atoms with Crippen molar-refractivity contribution in [1.29, 1.82) is 0 Å². The number of aromatic nitrogens is 4. The number of nitrogens with zero attached hydrogens (tertiary/aromatic N) is 4. The Hall–Kier alpha value is -3.15. The van der Waals surface area contributed by atoms with Crippen LogP contribution in [0, 0.1) is 6.92 Å². The van der Waals surface area contributed by atoms with Crippen LogP contribution < -0.4 is 5.32 Å². The Morgan fingerprint density at radius 1 is 1.15 bits per heavy atom. The van der Waals surface area contributed by atoms with Gasteiger partial charge in [-0.2, -0.15) is 5.10 Å². The normalized spacial score (nSPS) is 11.3. The predicted octanol–water partition coefficient (Wildman–Crippen LogP) is 3.42. The number of para-hydroxylation sites is 2. The Morgan fingerprint density at radius 3 is 2.85 bits per heavy atom. The third-order valence-corrected chi connectivity index (χ3v) is 4.84. The van der Waals surface area contributed by atoms with Gasteiger partial charge in [0.05, 0.1) is 35.8 Å². The molecular formula is C21H23N5O. The molecule has 2 aromatic heterocycles. The Kier molecular flexibility index (Phi) is 4.62. The molecule has 4 rings (SSSR count). The topological polar surface area (TPSA) is 64.7 Å². The van der Waals surface area contributed by atoms with Crippen molar-refractivity contribution in [2.45, 2.75) is 39.9 Å². The maximum Gasteiger partial charge on any atom is 0.222 e. The minimum atomic E-state index is 0.000937. The third kappa shape index (κ3) is 3.43. The molecule has 0 saturated carbocycles. The number of hydrogen-bond acceptors (Lipinski definition) is 3. The second-order valence-electron chi connectivity index (χ2n) is 6.72. The monoisotopic (exact) mass is 361 g/mol. The van der Waals surface area contributed by atoms with Crippen LogP contribution in [0.15, 0.2) is 48.7 Å². The summed E-state index contributed by atoms with van der Waals surface area (Å²) in [5.41, 5.74) is 4.31. The number of amides is 1. The molecule has 0 aliphatic carbocycles. The number of imidazole rings is 1. The highest BCUT2D eigenvalue weighted by atomic mass is 16.1. The highest BCUT2D eigenvalue weighted by molar-refractivity contribution is 5.80.